The molecule has 2 N–H and O–H groups in total. The molecular formula is C19H17N3O6S2. The maximum Gasteiger partial charge on any atom is 0.356 e. The van der Waals surface area contributed by atoms with E-state index < -0.39 is 16.0 Å². The maximum absolute atomic E-state index is 13.1. The van der Waals surface area contributed by atoms with Gasteiger partial charge in [0.1, 0.15) is 5.75 Å². The minimum absolute atomic E-state index is 0.0319. The number of thiazole rings is 1. The zero-order valence-corrected chi connectivity index (χ0v) is 17.8. The second-order valence-corrected chi connectivity index (χ2v) is 9.12. The van der Waals surface area contributed by atoms with Gasteiger partial charge in [0.25, 0.3) is 10.0 Å². The summed E-state index contributed by atoms with van der Waals surface area (Å²) in [6.45, 7) is 0. The second kappa shape index (κ2) is 7.18. The van der Waals surface area contributed by atoms with Gasteiger partial charge in [-0.2, -0.15) is 0 Å². The highest BCUT2D eigenvalue weighted by atomic mass is 32.2. The average Bonchev–Trinajstić information content (AvgIpc) is 3.23. The molecule has 30 heavy (non-hydrogen) atoms. The second-order valence-electron chi connectivity index (χ2n) is 6.44. The summed E-state index contributed by atoms with van der Waals surface area (Å²) in [4.78, 5) is 26.8. The number of nitrogens with one attached hydrogen (secondary N) is 2. The first-order valence-corrected chi connectivity index (χ1v) is 11.0. The number of anilines is 1. The molecule has 0 atom stereocenters. The lowest BCUT2D eigenvalue weighted by molar-refractivity contribution is 0.0596. The lowest BCUT2D eigenvalue weighted by Gasteiger charge is -2.09. The van der Waals surface area contributed by atoms with Crippen LogP contribution in [0.1, 0.15) is 10.5 Å². The van der Waals surface area contributed by atoms with E-state index >= 15 is 0 Å². The van der Waals surface area contributed by atoms with Gasteiger partial charge in [0.2, 0.25) is 0 Å². The quantitative estimate of drug-likeness (QED) is 0.454. The predicted octanol–water partition coefficient (Wildman–Crippen LogP) is 2.68. The van der Waals surface area contributed by atoms with Crippen molar-refractivity contribution >= 4 is 54.1 Å². The molecule has 156 valence electrons. The Labute approximate surface area is 174 Å². The van der Waals surface area contributed by atoms with Gasteiger partial charge in [-0.3, -0.25) is 9.52 Å². The third-order valence-electron chi connectivity index (χ3n) is 4.71. The molecule has 4 rings (SSSR count). The number of carbonyl (C=O) groups excluding carboxylic acids is 1. The molecule has 0 saturated carbocycles. The molecule has 0 saturated heterocycles. The van der Waals surface area contributed by atoms with Gasteiger partial charge in [-0.25, -0.2) is 13.2 Å². The van der Waals surface area contributed by atoms with E-state index in [1.54, 1.807) is 31.3 Å². The van der Waals surface area contributed by atoms with Crippen LogP contribution in [0.25, 0.3) is 21.1 Å². The van der Waals surface area contributed by atoms with Crippen LogP contribution in [0.4, 0.5) is 5.69 Å². The van der Waals surface area contributed by atoms with E-state index in [0.29, 0.717) is 26.9 Å². The monoisotopic (exact) mass is 447 g/mol. The summed E-state index contributed by atoms with van der Waals surface area (Å²) in [6, 6.07) is 9.35. The smallest absolute Gasteiger partial charge is 0.356 e. The number of fused-ring (bicyclic) bond motifs is 2. The molecule has 0 unspecified atom stereocenters. The van der Waals surface area contributed by atoms with Crippen LogP contribution in [0, 0.1) is 0 Å². The van der Waals surface area contributed by atoms with E-state index in [-0.39, 0.29) is 21.1 Å². The minimum atomic E-state index is -4.06. The van der Waals surface area contributed by atoms with Crippen molar-refractivity contribution in [3.63, 3.8) is 0 Å². The van der Waals surface area contributed by atoms with Crippen molar-refractivity contribution in [1.82, 2.24) is 9.55 Å². The molecule has 0 aliphatic carbocycles. The van der Waals surface area contributed by atoms with Crippen LogP contribution >= 0.6 is 11.3 Å². The molecule has 0 fully saturated rings. The number of aryl methyl sites for hydroxylation is 1. The first-order valence-electron chi connectivity index (χ1n) is 8.65. The number of ether oxygens (including phenoxy) is 2. The number of sulfonamides is 1. The fourth-order valence-electron chi connectivity index (χ4n) is 3.14. The molecule has 2 heterocycles. The van der Waals surface area contributed by atoms with Crippen LogP contribution in [-0.4, -0.2) is 38.2 Å². The predicted molar refractivity (Wildman–Crippen MR) is 114 cm³/mol. The summed E-state index contributed by atoms with van der Waals surface area (Å²) < 4.78 is 40.6. The van der Waals surface area contributed by atoms with Gasteiger partial charge in [-0.15, -0.1) is 0 Å². The largest absolute Gasteiger partial charge is 0.497 e. The zero-order valence-electron chi connectivity index (χ0n) is 16.2. The van der Waals surface area contributed by atoms with E-state index in [2.05, 4.69) is 9.71 Å². The van der Waals surface area contributed by atoms with Gasteiger partial charge in [-0.1, -0.05) is 11.3 Å². The van der Waals surface area contributed by atoms with E-state index in [1.807, 2.05) is 0 Å². The number of benzene rings is 2. The summed E-state index contributed by atoms with van der Waals surface area (Å²) in [6.07, 6.45) is 0. The number of aromatic nitrogens is 2. The lowest BCUT2D eigenvalue weighted by Crippen LogP contribution is -2.15. The van der Waals surface area contributed by atoms with Crippen LogP contribution < -0.4 is 14.3 Å². The fourth-order valence-corrected chi connectivity index (χ4v) is 5.25. The molecule has 0 amide bonds. The van der Waals surface area contributed by atoms with Crippen LogP contribution in [0.3, 0.4) is 0 Å². The SMILES string of the molecule is COC(=O)c1[nH]c2cc(OC)ccc2c1NS(=O)(=O)c1ccc2c(c1)sc(=O)n2C. The average molecular weight is 447 g/mol. The lowest BCUT2D eigenvalue weighted by atomic mass is 10.2. The first-order chi connectivity index (χ1) is 14.2. The normalized spacial score (nSPS) is 11.7. The van der Waals surface area contributed by atoms with Crippen molar-refractivity contribution in [1.29, 1.82) is 0 Å². The number of hydrogen-bond donors (Lipinski definition) is 2. The highest BCUT2D eigenvalue weighted by molar-refractivity contribution is 7.92. The number of esters is 1. The molecular weight excluding hydrogens is 430 g/mol. The Bertz CT molecular complexity index is 1460. The van der Waals surface area contributed by atoms with Crippen LogP contribution in [0.2, 0.25) is 0 Å². The van der Waals surface area contributed by atoms with Gasteiger partial charge >= 0.3 is 10.8 Å². The summed E-state index contributed by atoms with van der Waals surface area (Å²) in [5.74, 6) is -0.182. The number of nitrogens with zero attached hydrogens (tertiary/aromatic N) is 1. The van der Waals surface area contributed by atoms with Crippen molar-refractivity contribution in [3.8, 4) is 5.75 Å². The molecule has 2 aromatic carbocycles. The molecule has 0 aliphatic rings. The third-order valence-corrected chi connectivity index (χ3v) is 7.05. The van der Waals surface area contributed by atoms with Crippen molar-refractivity contribution < 1.29 is 22.7 Å². The van der Waals surface area contributed by atoms with Crippen molar-refractivity contribution in [2.75, 3.05) is 18.9 Å². The molecule has 0 aliphatic heterocycles. The van der Waals surface area contributed by atoms with Gasteiger partial charge in [0.05, 0.1) is 40.5 Å². The summed E-state index contributed by atoms with van der Waals surface area (Å²) >= 11 is 0.956. The highest BCUT2D eigenvalue weighted by Crippen LogP contribution is 2.33. The molecule has 0 bridgehead atoms. The number of H-pyrrole nitrogens is 1. The number of aromatic amines is 1. The van der Waals surface area contributed by atoms with Crippen molar-refractivity contribution in [2.24, 2.45) is 7.05 Å². The minimum Gasteiger partial charge on any atom is -0.497 e. The molecule has 0 spiro atoms. The Balaban J connectivity index is 1.84. The summed E-state index contributed by atoms with van der Waals surface area (Å²) in [7, 11) is 0.267. The van der Waals surface area contributed by atoms with Gasteiger partial charge in [0.15, 0.2) is 5.69 Å². The molecule has 4 aromatic rings. The van der Waals surface area contributed by atoms with Gasteiger partial charge < -0.3 is 19.0 Å². The molecule has 0 radical (unpaired) electrons. The van der Waals surface area contributed by atoms with E-state index in [9.17, 15) is 18.0 Å². The van der Waals surface area contributed by atoms with Gasteiger partial charge in [-0.05, 0) is 30.3 Å². The van der Waals surface area contributed by atoms with Crippen LogP contribution in [0.5, 0.6) is 5.75 Å². The Morgan fingerprint density at radius 2 is 1.93 bits per heavy atom. The molecule has 9 nitrogen and oxygen atoms in total. The van der Waals surface area contributed by atoms with E-state index in [1.165, 1.54) is 30.9 Å². The first kappa shape index (κ1) is 20.0. The number of rotatable bonds is 5. The third kappa shape index (κ3) is 3.21. The highest BCUT2D eigenvalue weighted by Gasteiger charge is 2.24. The molecule has 2 aromatic heterocycles. The van der Waals surface area contributed by atoms with E-state index in [0.717, 1.165) is 11.3 Å². The Kier molecular flexibility index (Phi) is 4.79. The van der Waals surface area contributed by atoms with Gasteiger partial charge in [0, 0.05) is 18.5 Å². The van der Waals surface area contributed by atoms with Crippen LogP contribution in [-0.2, 0) is 21.8 Å². The molecule has 11 heteroatoms. The Hall–Kier alpha value is -3.31. The fraction of sp³-hybridized carbons (Fsp3) is 0.158. The van der Waals surface area contributed by atoms with E-state index in [4.69, 9.17) is 9.47 Å². The van der Waals surface area contributed by atoms with Crippen molar-refractivity contribution in [2.45, 2.75) is 4.90 Å². The Morgan fingerprint density at radius 3 is 2.63 bits per heavy atom. The number of carbonyl (C=O) groups is 1. The van der Waals surface area contributed by atoms with Crippen molar-refractivity contribution in [3.05, 3.63) is 51.8 Å². The topological polar surface area (TPSA) is 119 Å². The number of hydrogen-bond acceptors (Lipinski definition) is 7. The van der Waals surface area contributed by atoms with Crippen LogP contribution in [0.15, 0.2) is 46.1 Å². The zero-order chi connectivity index (χ0) is 21.6. The number of methoxy groups -OCH3 is 2. The maximum atomic E-state index is 13.1. The Morgan fingerprint density at radius 1 is 1.17 bits per heavy atom. The summed E-state index contributed by atoms with van der Waals surface area (Å²) in [5, 5.41) is 0.477. The summed E-state index contributed by atoms with van der Waals surface area (Å²) in [5.41, 5.74) is 1.18. The standard InChI is InChI=1S/C19H17N3O6S2/c1-22-14-7-5-11(9-15(14)29-19(22)24)30(25,26)21-16-12-6-4-10(27-2)8-13(12)20-17(16)18(23)28-3/h4-9,20-21H,1-3H3.